The molecule has 0 unspecified atom stereocenters. The van der Waals surface area contributed by atoms with E-state index in [2.05, 4.69) is 20.2 Å². The van der Waals surface area contributed by atoms with Gasteiger partial charge >= 0.3 is 0 Å². The fourth-order valence-corrected chi connectivity index (χ4v) is 3.27. The summed E-state index contributed by atoms with van der Waals surface area (Å²) in [5, 5.41) is 3.06. The first-order chi connectivity index (χ1) is 12.2. The summed E-state index contributed by atoms with van der Waals surface area (Å²) < 4.78 is 11.0. The van der Waals surface area contributed by atoms with Crippen LogP contribution in [0.2, 0.25) is 0 Å². The third-order valence-electron chi connectivity index (χ3n) is 4.72. The molecule has 7 nitrogen and oxygen atoms in total. The van der Waals surface area contributed by atoms with Crippen LogP contribution in [0, 0.1) is 0 Å². The second-order valence-electron chi connectivity index (χ2n) is 6.64. The first kappa shape index (κ1) is 17.9. The minimum Gasteiger partial charge on any atom is -0.467 e. The first-order valence-electron chi connectivity index (χ1n) is 9.37. The summed E-state index contributed by atoms with van der Waals surface area (Å²) in [5.74, 6) is 1.05. The van der Waals surface area contributed by atoms with Crippen LogP contribution in [-0.4, -0.2) is 54.8 Å². The van der Waals surface area contributed by atoms with E-state index in [-0.39, 0.29) is 12.5 Å². The van der Waals surface area contributed by atoms with Crippen molar-refractivity contribution in [1.29, 1.82) is 0 Å². The molecule has 1 amide bonds. The number of morpholine rings is 1. The normalized spacial score (nSPS) is 18.8. The van der Waals surface area contributed by atoms with E-state index in [4.69, 9.17) is 9.47 Å². The Hall–Kier alpha value is -1.89. The molecule has 25 heavy (non-hydrogen) atoms. The van der Waals surface area contributed by atoms with Gasteiger partial charge in [-0.3, -0.25) is 4.79 Å². The molecule has 2 fully saturated rings. The number of hydrogen-bond donors (Lipinski definition) is 1. The van der Waals surface area contributed by atoms with Gasteiger partial charge in [-0.2, -0.15) is 4.98 Å². The summed E-state index contributed by atoms with van der Waals surface area (Å²) in [6.07, 6.45) is 6.60. The van der Waals surface area contributed by atoms with Crippen LogP contribution in [0.1, 0.15) is 44.7 Å². The first-order valence-corrected chi connectivity index (χ1v) is 9.37. The molecular weight excluding hydrogens is 320 g/mol. The maximum Gasteiger partial charge on any atom is 0.258 e. The van der Waals surface area contributed by atoms with Gasteiger partial charge in [0.05, 0.1) is 13.2 Å². The van der Waals surface area contributed by atoms with Crippen molar-refractivity contribution in [1.82, 2.24) is 15.3 Å². The molecule has 1 aromatic heterocycles. The molecular formula is C18H28N4O3. The molecule has 0 bridgehead atoms. The Morgan fingerprint density at radius 3 is 2.76 bits per heavy atom. The van der Waals surface area contributed by atoms with E-state index in [0.717, 1.165) is 38.0 Å². The third kappa shape index (κ3) is 5.29. The molecule has 2 heterocycles. The summed E-state index contributed by atoms with van der Waals surface area (Å²) >= 11 is 0. The summed E-state index contributed by atoms with van der Waals surface area (Å²) in [7, 11) is 0. The van der Waals surface area contributed by atoms with E-state index < -0.39 is 0 Å². The van der Waals surface area contributed by atoms with Crippen molar-refractivity contribution >= 4 is 11.9 Å². The number of aromatic nitrogens is 2. The minimum atomic E-state index is -0.0727. The van der Waals surface area contributed by atoms with Crippen LogP contribution in [0.25, 0.3) is 0 Å². The summed E-state index contributed by atoms with van der Waals surface area (Å²) in [6, 6.07) is 2.11. The van der Waals surface area contributed by atoms with Crippen LogP contribution in [0.15, 0.2) is 6.07 Å². The average molecular weight is 348 g/mol. The lowest BCUT2D eigenvalue weighted by Crippen LogP contribution is -2.39. The molecule has 3 rings (SSSR count). The monoisotopic (exact) mass is 348 g/mol. The largest absolute Gasteiger partial charge is 0.467 e. The summed E-state index contributed by atoms with van der Waals surface area (Å²) in [4.78, 5) is 23.3. The number of ether oxygens (including phenoxy) is 2. The zero-order valence-electron chi connectivity index (χ0n) is 15.0. The van der Waals surface area contributed by atoms with Gasteiger partial charge in [0.2, 0.25) is 11.8 Å². The topological polar surface area (TPSA) is 76.6 Å². The van der Waals surface area contributed by atoms with Crippen LogP contribution >= 0.6 is 0 Å². The predicted octanol–water partition coefficient (Wildman–Crippen LogP) is 1.70. The van der Waals surface area contributed by atoms with Crippen LogP contribution in [0.4, 0.5) is 5.95 Å². The number of nitrogens with one attached hydrogen (secondary N) is 1. The van der Waals surface area contributed by atoms with Crippen molar-refractivity contribution in [3.05, 3.63) is 11.8 Å². The highest BCUT2D eigenvalue weighted by molar-refractivity contribution is 5.77. The second kappa shape index (κ2) is 8.99. The smallest absolute Gasteiger partial charge is 0.258 e. The van der Waals surface area contributed by atoms with Gasteiger partial charge < -0.3 is 19.7 Å². The fraction of sp³-hybridized carbons (Fsp3) is 0.722. The highest BCUT2D eigenvalue weighted by Gasteiger charge is 2.18. The minimum absolute atomic E-state index is 0.000775. The Kier molecular flexibility index (Phi) is 6.44. The van der Waals surface area contributed by atoms with Gasteiger partial charge in [-0.25, -0.2) is 4.98 Å². The van der Waals surface area contributed by atoms with Gasteiger partial charge in [-0.05, 0) is 19.3 Å². The molecule has 1 saturated heterocycles. The predicted molar refractivity (Wildman–Crippen MR) is 95.0 cm³/mol. The molecule has 0 atom stereocenters. The van der Waals surface area contributed by atoms with Gasteiger partial charge in [-0.15, -0.1) is 0 Å². The Bertz CT molecular complexity index is 569. The molecule has 0 spiro atoms. The molecule has 7 heteroatoms. The van der Waals surface area contributed by atoms with Crippen molar-refractivity contribution in [3.8, 4) is 5.88 Å². The van der Waals surface area contributed by atoms with E-state index >= 15 is 0 Å². The molecule has 2 aliphatic rings. The van der Waals surface area contributed by atoms with E-state index in [1.165, 1.54) is 19.3 Å². The number of amides is 1. The number of nitrogens with zero attached hydrogens (tertiary/aromatic N) is 3. The highest BCUT2D eigenvalue weighted by atomic mass is 16.5. The Balaban J connectivity index is 1.57. The second-order valence-corrected chi connectivity index (χ2v) is 6.64. The van der Waals surface area contributed by atoms with Crippen molar-refractivity contribution in [2.45, 2.75) is 51.5 Å². The maximum atomic E-state index is 12.1. The van der Waals surface area contributed by atoms with Crippen molar-refractivity contribution in [3.63, 3.8) is 0 Å². The Morgan fingerprint density at radius 2 is 2.04 bits per heavy atom. The van der Waals surface area contributed by atoms with Crippen molar-refractivity contribution in [2.75, 3.05) is 37.8 Å². The zero-order chi connectivity index (χ0) is 17.5. The lowest BCUT2D eigenvalue weighted by Gasteiger charge is -2.27. The number of carbonyl (C=O) groups is 1. The van der Waals surface area contributed by atoms with Gasteiger partial charge in [0, 0.05) is 30.9 Å². The van der Waals surface area contributed by atoms with Crippen LogP contribution in [0.5, 0.6) is 5.88 Å². The quantitative estimate of drug-likeness (QED) is 0.843. The summed E-state index contributed by atoms with van der Waals surface area (Å²) in [5.41, 5.74) is 0.916. The van der Waals surface area contributed by atoms with Crippen LogP contribution in [-0.2, 0) is 16.0 Å². The van der Waals surface area contributed by atoms with Gasteiger partial charge in [-0.1, -0.05) is 26.2 Å². The molecule has 138 valence electrons. The van der Waals surface area contributed by atoms with E-state index in [9.17, 15) is 4.79 Å². The lowest BCUT2D eigenvalue weighted by atomic mass is 9.95. The number of aryl methyl sites for hydroxylation is 1. The molecule has 1 aliphatic heterocycles. The van der Waals surface area contributed by atoms with E-state index in [0.29, 0.717) is 31.1 Å². The Morgan fingerprint density at radius 1 is 1.28 bits per heavy atom. The van der Waals surface area contributed by atoms with E-state index in [1.807, 2.05) is 13.0 Å². The molecule has 0 radical (unpaired) electrons. The van der Waals surface area contributed by atoms with Crippen LogP contribution < -0.4 is 15.0 Å². The SMILES string of the molecule is CCc1cc(OCC(=O)NC2CCCCC2)nc(N2CCOCC2)n1. The summed E-state index contributed by atoms with van der Waals surface area (Å²) in [6.45, 7) is 4.95. The molecule has 1 aliphatic carbocycles. The van der Waals surface area contributed by atoms with Gasteiger partial charge in [0.25, 0.3) is 5.91 Å². The average Bonchev–Trinajstić information content (AvgIpc) is 2.67. The zero-order valence-corrected chi connectivity index (χ0v) is 15.0. The number of hydrogen-bond acceptors (Lipinski definition) is 6. The number of anilines is 1. The number of carbonyl (C=O) groups excluding carboxylic acids is 1. The molecule has 1 aromatic rings. The fourth-order valence-electron chi connectivity index (χ4n) is 3.27. The maximum absolute atomic E-state index is 12.1. The highest BCUT2D eigenvalue weighted by Crippen LogP contribution is 2.19. The lowest BCUT2D eigenvalue weighted by molar-refractivity contribution is -0.124. The number of rotatable bonds is 6. The Labute approximate surface area is 149 Å². The van der Waals surface area contributed by atoms with E-state index in [1.54, 1.807) is 0 Å². The van der Waals surface area contributed by atoms with Gasteiger partial charge in [0.1, 0.15) is 0 Å². The van der Waals surface area contributed by atoms with Gasteiger partial charge in [0.15, 0.2) is 6.61 Å². The van der Waals surface area contributed by atoms with Crippen molar-refractivity contribution in [2.24, 2.45) is 0 Å². The van der Waals surface area contributed by atoms with Crippen LogP contribution in [0.3, 0.4) is 0 Å². The molecule has 1 N–H and O–H groups in total. The van der Waals surface area contributed by atoms with Crippen molar-refractivity contribution < 1.29 is 14.3 Å². The third-order valence-corrected chi connectivity index (χ3v) is 4.72. The molecule has 0 aromatic carbocycles. The standard InChI is InChI=1S/C18H28N4O3/c1-2-14-12-17(21-18(20-14)22-8-10-24-11-9-22)25-13-16(23)19-15-6-4-3-5-7-15/h12,15H,2-11,13H2,1H3,(H,19,23). The molecule has 1 saturated carbocycles.